The molecule has 25 heavy (non-hydrogen) atoms. The van der Waals surface area contributed by atoms with Crippen LogP contribution in [0.3, 0.4) is 0 Å². The highest BCUT2D eigenvalue weighted by atomic mass is 32.1. The van der Waals surface area contributed by atoms with Crippen molar-refractivity contribution in [1.29, 1.82) is 0 Å². The summed E-state index contributed by atoms with van der Waals surface area (Å²) in [5.41, 5.74) is 1.13. The molecule has 2 fully saturated rings. The average Bonchev–Trinajstić information content (AvgIpc) is 3.13. The molecule has 3 heterocycles. The summed E-state index contributed by atoms with van der Waals surface area (Å²) >= 11 is 1.65. The van der Waals surface area contributed by atoms with E-state index in [-0.39, 0.29) is 12.5 Å². The quantitative estimate of drug-likeness (QED) is 0.831. The Labute approximate surface area is 155 Å². The average molecular weight is 366 g/mol. The van der Waals surface area contributed by atoms with Crippen LogP contribution in [0.5, 0.6) is 0 Å². The number of hydrogen-bond acceptors (Lipinski definition) is 5. The fourth-order valence-corrected chi connectivity index (χ4v) is 4.87. The number of carbonyl (C=O) groups excluding carboxylic acids is 1. The van der Waals surface area contributed by atoms with Crippen molar-refractivity contribution in [3.05, 3.63) is 22.4 Å². The maximum atomic E-state index is 12.7. The van der Waals surface area contributed by atoms with Crippen molar-refractivity contribution in [3.8, 4) is 0 Å². The highest BCUT2D eigenvalue weighted by molar-refractivity contribution is 7.07. The molecule has 1 aromatic rings. The van der Waals surface area contributed by atoms with Gasteiger partial charge in [-0.3, -0.25) is 9.69 Å². The molecule has 0 saturated carbocycles. The first kappa shape index (κ1) is 18.8. The molecule has 2 atom stereocenters. The number of amides is 1. The third-order valence-corrected chi connectivity index (χ3v) is 6.45. The van der Waals surface area contributed by atoms with E-state index in [1.165, 1.54) is 0 Å². The van der Waals surface area contributed by atoms with Crippen LogP contribution in [-0.4, -0.2) is 84.7 Å². The molecule has 1 aromatic heterocycles. The van der Waals surface area contributed by atoms with Crippen molar-refractivity contribution in [2.24, 2.45) is 5.92 Å². The van der Waals surface area contributed by atoms with Gasteiger partial charge in [0.1, 0.15) is 0 Å². The largest absolute Gasteiger partial charge is 0.396 e. The van der Waals surface area contributed by atoms with Gasteiger partial charge in [-0.25, -0.2) is 0 Å². The summed E-state index contributed by atoms with van der Waals surface area (Å²) in [7, 11) is 2.19. The van der Waals surface area contributed by atoms with Crippen molar-refractivity contribution in [2.75, 3.05) is 52.9 Å². The van der Waals surface area contributed by atoms with E-state index in [0.29, 0.717) is 18.4 Å². The Hall–Kier alpha value is -0.950. The standard InChI is InChI=1S/C19H31N3O2S/c1-20-7-9-21(10-8-20)18-4-6-22(14-17(18)3-2-11-23)19(24)13-16-5-12-25-15-16/h5,12,15,17-18,23H,2-4,6-11,13-14H2,1H3/t17-,18+/m1/s1. The van der Waals surface area contributed by atoms with Gasteiger partial charge in [0.2, 0.25) is 5.91 Å². The van der Waals surface area contributed by atoms with Crippen molar-refractivity contribution < 1.29 is 9.90 Å². The molecule has 1 amide bonds. The predicted molar refractivity (Wildman–Crippen MR) is 102 cm³/mol. The highest BCUT2D eigenvalue weighted by Gasteiger charge is 2.35. The van der Waals surface area contributed by atoms with Crippen LogP contribution in [0.4, 0.5) is 0 Å². The second-order valence-corrected chi connectivity index (χ2v) is 8.25. The number of likely N-dealkylation sites (N-methyl/N-ethyl adjacent to an activating group) is 1. The predicted octanol–water partition coefficient (Wildman–Crippen LogP) is 1.53. The molecular formula is C19H31N3O2S. The number of likely N-dealkylation sites (tertiary alicyclic amines) is 1. The van der Waals surface area contributed by atoms with E-state index in [0.717, 1.165) is 64.1 Å². The van der Waals surface area contributed by atoms with Crippen molar-refractivity contribution in [1.82, 2.24) is 14.7 Å². The highest BCUT2D eigenvalue weighted by Crippen LogP contribution is 2.27. The van der Waals surface area contributed by atoms with Crippen LogP contribution in [0.15, 0.2) is 16.8 Å². The lowest BCUT2D eigenvalue weighted by atomic mass is 9.86. The first-order valence-electron chi connectivity index (χ1n) is 9.49. The van der Waals surface area contributed by atoms with Gasteiger partial charge in [-0.15, -0.1) is 0 Å². The molecule has 2 aliphatic rings. The lowest BCUT2D eigenvalue weighted by molar-refractivity contribution is -0.133. The Bertz CT molecular complexity index is 529. The summed E-state index contributed by atoms with van der Waals surface area (Å²) in [6.45, 7) is 6.47. The van der Waals surface area contributed by atoms with Gasteiger partial charge in [0, 0.05) is 51.9 Å². The van der Waals surface area contributed by atoms with Gasteiger partial charge in [0.25, 0.3) is 0 Å². The van der Waals surface area contributed by atoms with E-state index >= 15 is 0 Å². The third kappa shape index (κ3) is 5.03. The zero-order chi connectivity index (χ0) is 17.6. The van der Waals surface area contributed by atoms with Gasteiger partial charge >= 0.3 is 0 Å². The second kappa shape index (κ2) is 9.12. The van der Waals surface area contributed by atoms with Crippen molar-refractivity contribution in [2.45, 2.75) is 31.7 Å². The van der Waals surface area contributed by atoms with Crippen LogP contribution in [-0.2, 0) is 11.2 Å². The molecule has 0 bridgehead atoms. The van der Waals surface area contributed by atoms with E-state index in [2.05, 4.69) is 27.1 Å². The Balaban J connectivity index is 1.60. The van der Waals surface area contributed by atoms with Crippen LogP contribution < -0.4 is 0 Å². The number of nitrogens with zero attached hydrogens (tertiary/aromatic N) is 3. The number of piperidine rings is 1. The van der Waals surface area contributed by atoms with Crippen molar-refractivity contribution >= 4 is 17.2 Å². The van der Waals surface area contributed by atoms with Gasteiger partial charge in [-0.2, -0.15) is 11.3 Å². The summed E-state index contributed by atoms with van der Waals surface area (Å²) in [5, 5.41) is 13.4. The summed E-state index contributed by atoms with van der Waals surface area (Å²) < 4.78 is 0. The summed E-state index contributed by atoms with van der Waals surface area (Å²) in [6, 6.07) is 2.61. The van der Waals surface area contributed by atoms with Gasteiger partial charge < -0.3 is 14.9 Å². The molecule has 0 spiro atoms. The van der Waals surface area contributed by atoms with Gasteiger partial charge in [0.15, 0.2) is 0 Å². The third-order valence-electron chi connectivity index (χ3n) is 5.72. The molecule has 0 aliphatic carbocycles. The molecule has 1 N–H and O–H groups in total. The molecule has 6 heteroatoms. The smallest absolute Gasteiger partial charge is 0.227 e. The Morgan fingerprint density at radius 3 is 2.76 bits per heavy atom. The molecule has 0 unspecified atom stereocenters. The maximum Gasteiger partial charge on any atom is 0.227 e. The minimum Gasteiger partial charge on any atom is -0.396 e. The minimum atomic E-state index is 0.245. The first-order valence-corrected chi connectivity index (χ1v) is 10.4. The monoisotopic (exact) mass is 365 g/mol. The van der Waals surface area contributed by atoms with Gasteiger partial charge in [0.05, 0.1) is 6.42 Å². The molecular weight excluding hydrogens is 334 g/mol. The molecule has 5 nitrogen and oxygen atoms in total. The number of thiophene rings is 1. The van der Waals surface area contributed by atoms with E-state index in [4.69, 9.17) is 0 Å². The lowest BCUT2D eigenvalue weighted by Crippen LogP contribution is -2.57. The van der Waals surface area contributed by atoms with Gasteiger partial charge in [-0.1, -0.05) is 0 Å². The molecule has 0 aromatic carbocycles. The Morgan fingerprint density at radius 2 is 2.08 bits per heavy atom. The van der Waals surface area contributed by atoms with E-state index < -0.39 is 0 Å². The molecule has 140 valence electrons. The number of aliphatic hydroxyl groups is 1. The molecule has 2 saturated heterocycles. The second-order valence-electron chi connectivity index (χ2n) is 7.47. The zero-order valence-corrected chi connectivity index (χ0v) is 16.1. The zero-order valence-electron chi connectivity index (χ0n) is 15.3. The number of carbonyl (C=O) groups is 1. The fourth-order valence-electron chi connectivity index (χ4n) is 4.20. The summed E-state index contributed by atoms with van der Waals surface area (Å²) in [4.78, 5) is 19.7. The number of hydrogen-bond donors (Lipinski definition) is 1. The first-order chi connectivity index (χ1) is 12.2. The fraction of sp³-hybridized carbons (Fsp3) is 0.737. The molecule has 3 rings (SSSR count). The Kier molecular flexibility index (Phi) is 6.87. The van der Waals surface area contributed by atoms with Crippen LogP contribution in [0.2, 0.25) is 0 Å². The Morgan fingerprint density at radius 1 is 1.28 bits per heavy atom. The van der Waals surface area contributed by atoms with Crippen LogP contribution >= 0.6 is 11.3 Å². The number of piperazine rings is 1. The normalized spacial score (nSPS) is 26.1. The van der Waals surface area contributed by atoms with Crippen LogP contribution in [0, 0.1) is 5.92 Å². The number of aliphatic hydroxyl groups excluding tert-OH is 1. The molecule has 2 aliphatic heterocycles. The molecule has 0 radical (unpaired) electrons. The van der Waals surface area contributed by atoms with Crippen LogP contribution in [0.1, 0.15) is 24.8 Å². The topological polar surface area (TPSA) is 47.0 Å². The SMILES string of the molecule is CN1CCN([C@H]2CCN(C(=O)Cc3ccsc3)C[C@H]2CCCO)CC1. The van der Waals surface area contributed by atoms with Crippen molar-refractivity contribution in [3.63, 3.8) is 0 Å². The lowest BCUT2D eigenvalue weighted by Gasteiger charge is -2.46. The minimum absolute atomic E-state index is 0.245. The maximum absolute atomic E-state index is 12.7. The van der Waals surface area contributed by atoms with E-state index in [9.17, 15) is 9.90 Å². The number of rotatable bonds is 6. The summed E-state index contributed by atoms with van der Waals surface area (Å²) in [5.74, 6) is 0.736. The van der Waals surface area contributed by atoms with Crippen LogP contribution in [0.25, 0.3) is 0 Å². The van der Waals surface area contributed by atoms with E-state index in [1.54, 1.807) is 11.3 Å². The summed E-state index contributed by atoms with van der Waals surface area (Å²) in [6.07, 6.45) is 3.43. The van der Waals surface area contributed by atoms with E-state index in [1.807, 2.05) is 11.4 Å². The van der Waals surface area contributed by atoms with Gasteiger partial charge in [-0.05, 0) is 54.6 Å².